The molecule has 2 saturated carbocycles. The molecule has 90 valence electrons. The maximum absolute atomic E-state index is 12.1. The van der Waals surface area contributed by atoms with Crippen LogP contribution in [0.25, 0.3) is 0 Å². The molecule has 3 atom stereocenters. The minimum Gasteiger partial charge on any atom is -0.304 e. The van der Waals surface area contributed by atoms with Gasteiger partial charge in [-0.2, -0.15) is 0 Å². The lowest BCUT2D eigenvalue weighted by atomic mass is 9.87. The first-order valence-corrected chi connectivity index (χ1v) is 6.68. The summed E-state index contributed by atoms with van der Waals surface area (Å²) < 4.78 is 0. The van der Waals surface area contributed by atoms with Gasteiger partial charge in [-0.15, -0.1) is 0 Å². The van der Waals surface area contributed by atoms with Crippen LogP contribution in [0.3, 0.4) is 0 Å². The zero-order valence-electron chi connectivity index (χ0n) is 10.2. The molecule has 3 rings (SSSR count). The van der Waals surface area contributed by atoms with Crippen molar-refractivity contribution in [1.29, 1.82) is 0 Å². The molecule has 0 unspecified atom stereocenters. The third-order valence-corrected chi connectivity index (χ3v) is 4.86. The molecule has 0 N–H and O–H groups in total. The summed E-state index contributed by atoms with van der Waals surface area (Å²) in [7, 11) is 2.18. The Morgan fingerprint density at radius 3 is 2.56 bits per heavy atom. The predicted molar refractivity (Wildman–Crippen MR) is 63.3 cm³/mol. The molecule has 0 aromatic carbocycles. The smallest absolute Gasteiger partial charge is 0.140 e. The Hall–Kier alpha value is -0.410. The fourth-order valence-corrected chi connectivity index (χ4v) is 3.72. The molecule has 0 amide bonds. The van der Waals surface area contributed by atoms with Crippen LogP contribution >= 0.6 is 0 Å². The second kappa shape index (κ2) is 4.11. The number of rotatable bonds is 2. The molecule has 1 saturated heterocycles. The highest BCUT2D eigenvalue weighted by atomic mass is 16.1. The highest BCUT2D eigenvalue weighted by Gasteiger charge is 2.46. The Labute approximate surface area is 97.8 Å². The number of carbonyl (C=O) groups excluding carboxylic acids is 1. The van der Waals surface area contributed by atoms with Crippen LogP contribution in [-0.4, -0.2) is 55.4 Å². The topological polar surface area (TPSA) is 23.6 Å². The van der Waals surface area contributed by atoms with Crippen molar-refractivity contribution in [3.05, 3.63) is 0 Å². The van der Waals surface area contributed by atoms with Gasteiger partial charge in [0.1, 0.15) is 5.78 Å². The van der Waals surface area contributed by atoms with Crippen molar-refractivity contribution in [2.75, 3.05) is 39.8 Å². The van der Waals surface area contributed by atoms with E-state index < -0.39 is 0 Å². The van der Waals surface area contributed by atoms with Crippen LogP contribution in [0.1, 0.15) is 19.3 Å². The molecule has 0 aromatic heterocycles. The number of Topliss-reactive ketones (excluding diaryl/α,β-unsaturated/α-hetero) is 1. The first-order chi connectivity index (χ1) is 7.74. The molecule has 3 nitrogen and oxygen atoms in total. The van der Waals surface area contributed by atoms with Crippen molar-refractivity contribution >= 4 is 5.78 Å². The summed E-state index contributed by atoms with van der Waals surface area (Å²) in [5.74, 6) is 2.16. The van der Waals surface area contributed by atoms with Gasteiger partial charge in [0.05, 0.1) is 0 Å². The van der Waals surface area contributed by atoms with Crippen molar-refractivity contribution in [3.63, 3.8) is 0 Å². The fraction of sp³-hybridized carbons (Fsp3) is 0.923. The van der Waals surface area contributed by atoms with Gasteiger partial charge >= 0.3 is 0 Å². The van der Waals surface area contributed by atoms with Gasteiger partial charge in [-0.1, -0.05) is 0 Å². The van der Waals surface area contributed by atoms with Gasteiger partial charge in [-0.05, 0) is 32.2 Å². The maximum atomic E-state index is 12.1. The van der Waals surface area contributed by atoms with Crippen LogP contribution in [0.5, 0.6) is 0 Å². The Kier molecular flexibility index (Phi) is 2.76. The second-order valence-electron chi connectivity index (χ2n) is 5.88. The van der Waals surface area contributed by atoms with Crippen molar-refractivity contribution in [1.82, 2.24) is 9.80 Å². The third-order valence-electron chi connectivity index (χ3n) is 4.86. The molecule has 0 spiro atoms. The zero-order chi connectivity index (χ0) is 11.1. The number of hydrogen-bond acceptors (Lipinski definition) is 3. The van der Waals surface area contributed by atoms with Gasteiger partial charge in [0.2, 0.25) is 0 Å². The maximum Gasteiger partial charge on any atom is 0.140 e. The summed E-state index contributed by atoms with van der Waals surface area (Å²) in [5, 5.41) is 0. The fourth-order valence-electron chi connectivity index (χ4n) is 3.72. The van der Waals surface area contributed by atoms with Gasteiger partial charge in [0.15, 0.2) is 0 Å². The summed E-state index contributed by atoms with van der Waals surface area (Å²) in [5.41, 5.74) is 0. The van der Waals surface area contributed by atoms with Crippen LogP contribution < -0.4 is 0 Å². The lowest BCUT2D eigenvalue weighted by Crippen LogP contribution is -2.47. The highest BCUT2D eigenvalue weighted by Crippen LogP contribution is 2.46. The van der Waals surface area contributed by atoms with Gasteiger partial charge in [0.25, 0.3) is 0 Å². The third kappa shape index (κ3) is 1.80. The lowest BCUT2D eigenvalue weighted by Gasteiger charge is -2.35. The molecule has 1 heterocycles. The van der Waals surface area contributed by atoms with E-state index in [1.54, 1.807) is 0 Å². The van der Waals surface area contributed by atoms with Crippen molar-refractivity contribution < 1.29 is 4.79 Å². The molecule has 2 aliphatic carbocycles. The Morgan fingerprint density at radius 2 is 1.94 bits per heavy atom. The zero-order valence-corrected chi connectivity index (χ0v) is 10.2. The molecule has 3 fully saturated rings. The summed E-state index contributed by atoms with van der Waals surface area (Å²) in [6, 6.07) is 0. The molecule has 2 bridgehead atoms. The number of likely N-dealkylation sites (N-methyl/N-ethyl adjacent to an activating group) is 1. The quantitative estimate of drug-likeness (QED) is 0.692. The first-order valence-electron chi connectivity index (χ1n) is 6.68. The summed E-state index contributed by atoms with van der Waals surface area (Å²) in [4.78, 5) is 16.9. The van der Waals surface area contributed by atoms with Gasteiger partial charge < -0.3 is 9.80 Å². The van der Waals surface area contributed by atoms with Crippen molar-refractivity contribution in [2.24, 2.45) is 17.8 Å². The van der Waals surface area contributed by atoms with E-state index in [0.29, 0.717) is 17.6 Å². The number of piperazine rings is 1. The van der Waals surface area contributed by atoms with E-state index in [4.69, 9.17) is 0 Å². The normalized spacial score (nSPS) is 40.8. The summed E-state index contributed by atoms with van der Waals surface area (Å²) >= 11 is 0. The Balaban J connectivity index is 1.57. The average Bonchev–Trinajstić information content (AvgIpc) is 2.85. The summed E-state index contributed by atoms with van der Waals surface area (Å²) in [6.07, 6.45) is 3.70. The van der Waals surface area contributed by atoms with Gasteiger partial charge in [-0.25, -0.2) is 0 Å². The highest BCUT2D eigenvalue weighted by molar-refractivity contribution is 5.87. The standard InChI is InChI=1S/C13H22N2O/c1-14-4-6-15(7-5-14)9-12-10-2-3-11(8-10)13(12)16/h10-12H,2-9H2,1H3/t10-,11+,12-/m1/s1. The van der Waals surface area contributed by atoms with E-state index >= 15 is 0 Å². The lowest BCUT2D eigenvalue weighted by molar-refractivity contribution is -0.126. The molecule has 0 radical (unpaired) electrons. The predicted octanol–water partition coefficient (Wildman–Crippen LogP) is 0.849. The minimum absolute atomic E-state index is 0.391. The SMILES string of the molecule is CN1CCN(C[C@H]2C(=O)[C@H]3CC[C@@H]2C3)CC1. The van der Waals surface area contributed by atoms with E-state index in [-0.39, 0.29) is 0 Å². The van der Waals surface area contributed by atoms with Crippen LogP contribution in [0, 0.1) is 17.8 Å². The molecule has 1 aliphatic heterocycles. The molecule has 16 heavy (non-hydrogen) atoms. The first kappa shape index (κ1) is 10.7. The number of ketones is 1. The Bertz CT molecular complexity index is 284. The van der Waals surface area contributed by atoms with Crippen LogP contribution in [0.15, 0.2) is 0 Å². The van der Waals surface area contributed by atoms with Gasteiger partial charge in [0, 0.05) is 44.6 Å². The molecule has 3 aliphatic rings. The average molecular weight is 222 g/mol. The van der Waals surface area contributed by atoms with Gasteiger partial charge in [-0.3, -0.25) is 4.79 Å². The van der Waals surface area contributed by atoms with E-state index in [1.807, 2.05) is 0 Å². The van der Waals surface area contributed by atoms with E-state index in [0.717, 1.165) is 38.6 Å². The van der Waals surface area contributed by atoms with Crippen molar-refractivity contribution in [3.8, 4) is 0 Å². The number of carbonyl (C=O) groups is 1. The summed E-state index contributed by atoms with van der Waals surface area (Å²) in [6.45, 7) is 5.67. The largest absolute Gasteiger partial charge is 0.304 e. The molecular formula is C13H22N2O. The van der Waals surface area contributed by atoms with E-state index in [2.05, 4.69) is 16.8 Å². The van der Waals surface area contributed by atoms with Crippen LogP contribution in [0.2, 0.25) is 0 Å². The number of nitrogens with zero attached hydrogens (tertiary/aromatic N) is 2. The Morgan fingerprint density at radius 1 is 1.19 bits per heavy atom. The van der Waals surface area contributed by atoms with E-state index in [9.17, 15) is 4.79 Å². The van der Waals surface area contributed by atoms with Crippen LogP contribution in [-0.2, 0) is 4.79 Å². The minimum atomic E-state index is 0.391. The monoisotopic (exact) mass is 222 g/mol. The number of hydrogen-bond donors (Lipinski definition) is 0. The molecular weight excluding hydrogens is 200 g/mol. The van der Waals surface area contributed by atoms with Crippen LogP contribution in [0.4, 0.5) is 0 Å². The number of fused-ring (bicyclic) bond motifs is 2. The molecule has 0 aromatic rings. The van der Waals surface area contributed by atoms with Crippen molar-refractivity contribution in [2.45, 2.75) is 19.3 Å². The second-order valence-corrected chi connectivity index (χ2v) is 5.88. The molecule has 3 heteroatoms. The van der Waals surface area contributed by atoms with E-state index in [1.165, 1.54) is 19.3 Å².